The highest BCUT2D eigenvalue weighted by molar-refractivity contribution is 6.35. The van der Waals surface area contributed by atoms with Crippen molar-refractivity contribution in [2.45, 2.75) is 39.7 Å². The van der Waals surface area contributed by atoms with Gasteiger partial charge in [0.2, 0.25) is 6.41 Å². The number of piperidine rings is 1. The molecule has 38 heavy (non-hydrogen) atoms. The van der Waals surface area contributed by atoms with Gasteiger partial charge in [0.05, 0.1) is 24.9 Å². The van der Waals surface area contributed by atoms with E-state index >= 15 is 0 Å². The number of aliphatic carboxylic acids is 1. The molecule has 2 aromatic heterocycles. The summed E-state index contributed by atoms with van der Waals surface area (Å²) in [6.45, 7) is 9.10. The first-order chi connectivity index (χ1) is 18.3. The standard InChI is InChI=1S/C17H16Cl2N6O.C5H11N.C4H8O2/c18-13-2-1-12(14(19)7-13)10-25-17-15(8-21-25)20-9-16(22-17)24-5-3-23(11-26)4-6-24;1-2-4-6-5-3-1;1-3(2)4(5)6/h1-2,7-9,11H,3-6,10H2;6H,1-5H2;3H,1-2H3,(H,5,6). The van der Waals surface area contributed by atoms with Gasteiger partial charge >= 0.3 is 5.97 Å². The Morgan fingerprint density at radius 1 is 1.11 bits per heavy atom. The minimum atomic E-state index is -0.741. The van der Waals surface area contributed by atoms with E-state index in [0.29, 0.717) is 35.3 Å². The number of carbonyl (C=O) groups is 2. The van der Waals surface area contributed by atoms with Crippen LogP contribution in [-0.4, -0.2) is 81.4 Å². The molecule has 2 fully saturated rings. The number of halogens is 2. The molecule has 1 aromatic carbocycles. The highest BCUT2D eigenvalue weighted by Gasteiger charge is 2.18. The Hall–Kier alpha value is -2.95. The van der Waals surface area contributed by atoms with Crippen LogP contribution >= 0.6 is 23.2 Å². The second-order valence-corrected chi connectivity index (χ2v) is 10.3. The van der Waals surface area contributed by atoms with E-state index < -0.39 is 5.97 Å². The Bertz CT molecular complexity index is 1180. The molecule has 0 bridgehead atoms. The van der Waals surface area contributed by atoms with Crippen molar-refractivity contribution >= 4 is 52.6 Å². The summed E-state index contributed by atoms with van der Waals surface area (Å²) in [5.74, 6) is -0.188. The Morgan fingerprint density at radius 3 is 2.32 bits per heavy atom. The fraction of sp³-hybridized carbons (Fsp3) is 0.500. The van der Waals surface area contributed by atoms with E-state index in [2.05, 4.69) is 20.3 Å². The summed E-state index contributed by atoms with van der Waals surface area (Å²) in [7, 11) is 0. The van der Waals surface area contributed by atoms with Gasteiger partial charge in [-0.05, 0) is 43.6 Å². The Morgan fingerprint density at radius 2 is 1.79 bits per heavy atom. The zero-order chi connectivity index (χ0) is 27.5. The average molecular weight is 565 g/mol. The van der Waals surface area contributed by atoms with Crippen molar-refractivity contribution in [2.75, 3.05) is 44.2 Å². The predicted octanol–water partition coefficient (Wildman–Crippen LogP) is 3.95. The molecule has 10 nitrogen and oxygen atoms in total. The highest BCUT2D eigenvalue weighted by atomic mass is 35.5. The number of rotatable bonds is 5. The number of carboxylic acids is 1. The van der Waals surface area contributed by atoms with Crippen LogP contribution in [0, 0.1) is 5.92 Å². The van der Waals surface area contributed by atoms with Gasteiger partial charge in [0, 0.05) is 36.2 Å². The van der Waals surface area contributed by atoms with Crippen LogP contribution in [-0.2, 0) is 16.1 Å². The maximum Gasteiger partial charge on any atom is 0.305 e. The van der Waals surface area contributed by atoms with Gasteiger partial charge in [-0.15, -0.1) is 0 Å². The zero-order valence-electron chi connectivity index (χ0n) is 21.8. The van der Waals surface area contributed by atoms with Crippen molar-refractivity contribution < 1.29 is 14.7 Å². The topological polar surface area (TPSA) is 116 Å². The van der Waals surface area contributed by atoms with E-state index in [1.807, 2.05) is 6.07 Å². The van der Waals surface area contributed by atoms with Gasteiger partial charge in [-0.25, -0.2) is 14.6 Å². The van der Waals surface area contributed by atoms with E-state index in [0.717, 1.165) is 36.4 Å². The lowest BCUT2D eigenvalue weighted by molar-refractivity contribution is -0.140. The molecule has 2 N–H and O–H groups in total. The van der Waals surface area contributed by atoms with Crippen LogP contribution in [0.4, 0.5) is 5.82 Å². The minimum Gasteiger partial charge on any atom is -0.481 e. The molecule has 5 rings (SSSR count). The van der Waals surface area contributed by atoms with Crippen LogP contribution in [0.5, 0.6) is 0 Å². The number of hydrogen-bond donors (Lipinski definition) is 2. The van der Waals surface area contributed by atoms with Crippen LogP contribution in [0.2, 0.25) is 10.0 Å². The van der Waals surface area contributed by atoms with Gasteiger partial charge in [-0.1, -0.05) is 49.5 Å². The van der Waals surface area contributed by atoms with Crippen molar-refractivity contribution in [3.8, 4) is 0 Å². The molecule has 2 aliphatic heterocycles. The number of piperazine rings is 1. The molecule has 1 amide bonds. The summed E-state index contributed by atoms with van der Waals surface area (Å²) in [6, 6.07) is 5.40. The lowest BCUT2D eigenvalue weighted by Crippen LogP contribution is -2.46. The van der Waals surface area contributed by atoms with E-state index in [-0.39, 0.29) is 5.92 Å². The number of hydrogen-bond acceptors (Lipinski definition) is 7. The first-order valence-corrected chi connectivity index (χ1v) is 13.5. The van der Waals surface area contributed by atoms with Crippen LogP contribution < -0.4 is 10.2 Å². The summed E-state index contributed by atoms with van der Waals surface area (Å²) in [5, 5.41) is 16.9. The number of amides is 1. The number of nitrogens with one attached hydrogen (secondary N) is 1. The normalized spacial score (nSPS) is 15.4. The summed E-state index contributed by atoms with van der Waals surface area (Å²) in [6.07, 6.45) is 8.55. The summed E-state index contributed by atoms with van der Waals surface area (Å²) in [5.41, 5.74) is 2.34. The van der Waals surface area contributed by atoms with E-state index in [4.69, 9.17) is 33.3 Å². The molecule has 0 atom stereocenters. The molecular formula is C26H35Cl2N7O3. The monoisotopic (exact) mass is 563 g/mol. The maximum absolute atomic E-state index is 10.9. The van der Waals surface area contributed by atoms with Gasteiger partial charge in [0.1, 0.15) is 11.3 Å². The first kappa shape index (κ1) is 29.6. The van der Waals surface area contributed by atoms with Crippen molar-refractivity contribution in [1.82, 2.24) is 30.0 Å². The molecule has 0 aliphatic carbocycles. The number of benzene rings is 1. The quantitative estimate of drug-likeness (QED) is 0.448. The molecule has 0 unspecified atom stereocenters. The molecular weight excluding hydrogens is 529 g/mol. The molecule has 0 radical (unpaired) electrons. The molecule has 2 saturated heterocycles. The van der Waals surface area contributed by atoms with E-state index in [1.165, 1.54) is 32.4 Å². The van der Waals surface area contributed by atoms with Gasteiger partial charge in [-0.3, -0.25) is 9.59 Å². The molecule has 206 valence electrons. The third-order valence-corrected chi connectivity index (χ3v) is 6.74. The van der Waals surface area contributed by atoms with Crippen molar-refractivity contribution in [1.29, 1.82) is 0 Å². The third-order valence-electron chi connectivity index (χ3n) is 6.16. The Kier molecular flexibility index (Phi) is 11.6. The van der Waals surface area contributed by atoms with Gasteiger partial charge in [0.15, 0.2) is 5.65 Å². The average Bonchev–Trinajstić information content (AvgIpc) is 3.34. The third kappa shape index (κ3) is 8.82. The lowest BCUT2D eigenvalue weighted by Gasteiger charge is -2.33. The molecule has 0 spiro atoms. The number of carboxylic acid groups (broad SMARTS) is 1. The molecule has 12 heteroatoms. The Balaban J connectivity index is 0.000000276. The maximum atomic E-state index is 10.9. The smallest absolute Gasteiger partial charge is 0.305 e. The number of aromatic nitrogens is 4. The first-order valence-electron chi connectivity index (χ1n) is 12.8. The van der Waals surface area contributed by atoms with Gasteiger partial charge < -0.3 is 20.2 Å². The van der Waals surface area contributed by atoms with E-state index in [1.54, 1.807) is 48.0 Å². The van der Waals surface area contributed by atoms with Crippen LogP contribution in [0.3, 0.4) is 0 Å². The fourth-order valence-corrected chi connectivity index (χ4v) is 4.25. The number of fused-ring (bicyclic) bond motifs is 1. The fourth-order valence-electron chi connectivity index (χ4n) is 3.78. The minimum absolute atomic E-state index is 0.231. The second kappa shape index (κ2) is 14.8. The van der Waals surface area contributed by atoms with Gasteiger partial charge in [-0.2, -0.15) is 5.10 Å². The van der Waals surface area contributed by atoms with Crippen LogP contribution in [0.15, 0.2) is 30.6 Å². The summed E-state index contributed by atoms with van der Waals surface area (Å²) >= 11 is 12.2. The highest BCUT2D eigenvalue weighted by Crippen LogP contribution is 2.23. The zero-order valence-corrected chi connectivity index (χ0v) is 23.3. The number of anilines is 1. The SMILES string of the molecule is C1CCNCC1.CC(C)C(=O)O.O=CN1CCN(c2cnc3cnn(Cc4ccc(Cl)cc4Cl)c3n2)CC1. The summed E-state index contributed by atoms with van der Waals surface area (Å²) in [4.78, 5) is 33.7. The largest absolute Gasteiger partial charge is 0.481 e. The molecule has 3 aromatic rings. The number of nitrogens with zero attached hydrogens (tertiary/aromatic N) is 6. The van der Waals surface area contributed by atoms with Crippen LogP contribution in [0.25, 0.3) is 11.2 Å². The lowest BCUT2D eigenvalue weighted by atomic mass is 10.2. The summed E-state index contributed by atoms with van der Waals surface area (Å²) < 4.78 is 1.78. The molecule has 0 saturated carbocycles. The predicted molar refractivity (Wildman–Crippen MR) is 150 cm³/mol. The van der Waals surface area contributed by atoms with E-state index in [9.17, 15) is 9.59 Å². The Labute approximate surface area is 232 Å². The van der Waals surface area contributed by atoms with Crippen LogP contribution in [0.1, 0.15) is 38.7 Å². The molecule has 2 aliphatic rings. The van der Waals surface area contributed by atoms with Crippen molar-refractivity contribution in [3.05, 3.63) is 46.2 Å². The number of carbonyl (C=O) groups excluding carboxylic acids is 1. The van der Waals surface area contributed by atoms with Crippen molar-refractivity contribution in [2.24, 2.45) is 5.92 Å². The molecule has 4 heterocycles. The van der Waals surface area contributed by atoms with Gasteiger partial charge in [0.25, 0.3) is 0 Å². The second-order valence-electron chi connectivity index (χ2n) is 9.41. The van der Waals surface area contributed by atoms with Crippen molar-refractivity contribution in [3.63, 3.8) is 0 Å².